The van der Waals surface area contributed by atoms with Crippen molar-refractivity contribution < 1.29 is 24.2 Å². The first kappa shape index (κ1) is 16.0. The third-order valence-electron chi connectivity index (χ3n) is 3.98. The van der Waals surface area contributed by atoms with E-state index < -0.39 is 5.97 Å². The van der Waals surface area contributed by atoms with E-state index in [2.05, 4.69) is 0 Å². The fourth-order valence-electron chi connectivity index (χ4n) is 2.82. The van der Waals surface area contributed by atoms with E-state index in [9.17, 15) is 9.59 Å². The van der Waals surface area contributed by atoms with Gasteiger partial charge in [0.05, 0.1) is 12.2 Å². The Morgan fingerprint density at radius 1 is 1.33 bits per heavy atom. The number of piperidine rings is 1. The first-order chi connectivity index (χ1) is 10.1. The third-order valence-corrected chi connectivity index (χ3v) is 3.98. The van der Waals surface area contributed by atoms with Crippen molar-refractivity contribution in [3.63, 3.8) is 0 Å². The van der Waals surface area contributed by atoms with Crippen molar-refractivity contribution in [1.29, 1.82) is 0 Å². The van der Waals surface area contributed by atoms with Gasteiger partial charge in [-0.25, -0.2) is 9.59 Å². The summed E-state index contributed by atoms with van der Waals surface area (Å²) in [7, 11) is 1.80. The Morgan fingerprint density at radius 3 is 2.62 bits per heavy atom. The van der Waals surface area contributed by atoms with Crippen LogP contribution in [0.5, 0.6) is 0 Å². The van der Waals surface area contributed by atoms with Gasteiger partial charge in [0.15, 0.2) is 0 Å². The van der Waals surface area contributed by atoms with Crippen molar-refractivity contribution in [2.24, 2.45) is 0 Å². The van der Waals surface area contributed by atoms with Crippen molar-refractivity contribution in [2.75, 3.05) is 39.9 Å². The molecule has 1 N–H and O–H groups in total. The molecule has 120 valence electrons. The van der Waals surface area contributed by atoms with Crippen LogP contribution in [-0.2, 0) is 14.3 Å². The summed E-state index contributed by atoms with van der Waals surface area (Å²) < 4.78 is 10.8. The SMILES string of the molecule is CN(CC1CCCO1)C(=O)N1CCC(OCC(=O)O)CC1. The lowest BCUT2D eigenvalue weighted by atomic mass is 10.1. The minimum Gasteiger partial charge on any atom is -0.480 e. The number of likely N-dealkylation sites (tertiary alicyclic amines) is 1. The van der Waals surface area contributed by atoms with Crippen LogP contribution in [0.4, 0.5) is 4.79 Å². The lowest BCUT2D eigenvalue weighted by molar-refractivity contribution is -0.145. The minimum absolute atomic E-state index is 0.0159. The second kappa shape index (κ2) is 7.61. The largest absolute Gasteiger partial charge is 0.480 e. The maximum absolute atomic E-state index is 12.3. The van der Waals surface area contributed by atoms with E-state index in [-0.39, 0.29) is 24.8 Å². The molecule has 0 saturated carbocycles. The quantitative estimate of drug-likeness (QED) is 0.812. The van der Waals surface area contributed by atoms with Gasteiger partial charge in [0.2, 0.25) is 0 Å². The molecule has 0 radical (unpaired) electrons. The zero-order valence-corrected chi connectivity index (χ0v) is 12.5. The van der Waals surface area contributed by atoms with Gasteiger partial charge in [0, 0.05) is 33.3 Å². The number of ether oxygens (including phenoxy) is 2. The van der Waals surface area contributed by atoms with Gasteiger partial charge >= 0.3 is 12.0 Å². The lowest BCUT2D eigenvalue weighted by Crippen LogP contribution is -2.48. The van der Waals surface area contributed by atoms with Crippen molar-refractivity contribution in [3.05, 3.63) is 0 Å². The van der Waals surface area contributed by atoms with Gasteiger partial charge in [-0.1, -0.05) is 0 Å². The van der Waals surface area contributed by atoms with E-state index in [4.69, 9.17) is 14.6 Å². The number of aliphatic carboxylic acids is 1. The fourth-order valence-corrected chi connectivity index (χ4v) is 2.82. The molecule has 7 heteroatoms. The third kappa shape index (κ3) is 4.86. The zero-order valence-electron chi connectivity index (χ0n) is 12.5. The number of carboxylic acid groups (broad SMARTS) is 1. The Bertz CT molecular complexity index is 362. The smallest absolute Gasteiger partial charge is 0.329 e. The van der Waals surface area contributed by atoms with Gasteiger partial charge < -0.3 is 24.4 Å². The first-order valence-corrected chi connectivity index (χ1v) is 7.51. The molecule has 1 unspecified atom stereocenters. The summed E-state index contributed by atoms with van der Waals surface area (Å²) in [5, 5.41) is 8.58. The molecular weight excluding hydrogens is 276 g/mol. The Balaban J connectivity index is 1.70. The van der Waals surface area contributed by atoms with Crippen LogP contribution >= 0.6 is 0 Å². The normalized spacial score (nSPS) is 23.3. The number of carbonyl (C=O) groups excluding carboxylic acids is 1. The van der Waals surface area contributed by atoms with Crippen LogP contribution in [0.25, 0.3) is 0 Å². The average molecular weight is 300 g/mol. The van der Waals surface area contributed by atoms with Gasteiger partial charge in [-0.3, -0.25) is 0 Å². The van der Waals surface area contributed by atoms with E-state index in [0.717, 1.165) is 19.4 Å². The van der Waals surface area contributed by atoms with Crippen LogP contribution in [0, 0.1) is 0 Å². The number of carboxylic acids is 1. The molecule has 2 fully saturated rings. The second-order valence-corrected chi connectivity index (χ2v) is 5.69. The lowest BCUT2D eigenvalue weighted by Gasteiger charge is -2.34. The summed E-state index contributed by atoms with van der Waals surface area (Å²) in [5.74, 6) is -0.954. The molecule has 0 bridgehead atoms. The predicted molar refractivity (Wildman–Crippen MR) is 75.2 cm³/mol. The molecular formula is C14H24N2O5. The van der Waals surface area contributed by atoms with Gasteiger partial charge in [-0.15, -0.1) is 0 Å². The highest BCUT2D eigenvalue weighted by Crippen LogP contribution is 2.17. The molecule has 2 aliphatic rings. The molecule has 1 atom stereocenters. The Hall–Kier alpha value is -1.34. The molecule has 2 heterocycles. The number of urea groups is 1. The first-order valence-electron chi connectivity index (χ1n) is 7.51. The van der Waals surface area contributed by atoms with E-state index in [1.54, 1.807) is 16.8 Å². The molecule has 2 aliphatic heterocycles. The maximum atomic E-state index is 12.3. The summed E-state index contributed by atoms with van der Waals surface area (Å²) in [6, 6.07) is 0.0159. The molecule has 0 spiro atoms. The molecule has 0 aromatic carbocycles. The zero-order chi connectivity index (χ0) is 15.2. The number of hydrogen-bond donors (Lipinski definition) is 1. The second-order valence-electron chi connectivity index (χ2n) is 5.69. The fraction of sp³-hybridized carbons (Fsp3) is 0.857. The number of rotatable bonds is 5. The summed E-state index contributed by atoms with van der Waals surface area (Å²) in [5.41, 5.74) is 0. The van der Waals surface area contributed by atoms with E-state index in [0.29, 0.717) is 32.5 Å². The summed E-state index contributed by atoms with van der Waals surface area (Å²) >= 11 is 0. The van der Waals surface area contributed by atoms with E-state index >= 15 is 0 Å². The average Bonchev–Trinajstić information content (AvgIpc) is 2.97. The molecule has 21 heavy (non-hydrogen) atoms. The highest BCUT2D eigenvalue weighted by Gasteiger charge is 2.27. The van der Waals surface area contributed by atoms with Crippen molar-refractivity contribution >= 4 is 12.0 Å². The van der Waals surface area contributed by atoms with Crippen LogP contribution in [0.1, 0.15) is 25.7 Å². The Morgan fingerprint density at radius 2 is 2.05 bits per heavy atom. The summed E-state index contributed by atoms with van der Waals surface area (Å²) in [6.45, 7) is 2.38. The Labute approximate surface area is 124 Å². The van der Waals surface area contributed by atoms with Gasteiger partial charge in [0.1, 0.15) is 6.61 Å². The topological polar surface area (TPSA) is 79.3 Å². The number of nitrogens with zero attached hydrogens (tertiary/aromatic N) is 2. The summed E-state index contributed by atoms with van der Waals surface area (Å²) in [4.78, 5) is 26.3. The Kier molecular flexibility index (Phi) is 5.81. The van der Waals surface area contributed by atoms with Crippen LogP contribution in [0.3, 0.4) is 0 Å². The van der Waals surface area contributed by atoms with Crippen LogP contribution in [0.2, 0.25) is 0 Å². The number of likely N-dealkylation sites (N-methyl/N-ethyl adjacent to an activating group) is 1. The van der Waals surface area contributed by atoms with Gasteiger partial charge in [-0.05, 0) is 25.7 Å². The number of amides is 2. The van der Waals surface area contributed by atoms with Crippen molar-refractivity contribution in [3.8, 4) is 0 Å². The standard InChI is InChI=1S/C14H24N2O5/c1-15(9-12-3-2-8-20-12)14(19)16-6-4-11(5-7-16)21-10-13(17)18/h11-12H,2-10H2,1H3,(H,17,18). The molecule has 0 aromatic heterocycles. The molecule has 2 amide bonds. The molecule has 7 nitrogen and oxygen atoms in total. The van der Waals surface area contributed by atoms with Gasteiger partial charge in [-0.2, -0.15) is 0 Å². The number of hydrogen-bond acceptors (Lipinski definition) is 4. The van der Waals surface area contributed by atoms with Crippen molar-refractivity contribution in [1.82, 2.24) is 9.80 Å². The van der Waals surface area contributed by atoms with Crippen LogP contribution < -0.4 is 0 Å². The highest BCUT2D eigenvalue weighted by atomic mass is 16.5. The summed E-state index contributed by atoms with van der Waals surface area (Å²) in [6.07, 6.45) is 3.56. The monoisotopic (exact) mass is 300 g/mol. The van der Waals surface area contributed by atoms with E-state index in [1.807, 2.05) is 0 Å². The van der Waals surface area contributed by atoms with Crippen LogP contribution in [0.15, 0.2) is 0 Å². The van der Waals surface area contributed by atoms with E-state index in [1.165, 1.54) is 0 Å². The van der Waals surface area contributed by atoms with Gasteiger partial charge in [0.25, 0.3) is 0 Å². The molecule has 0 aromatic rings. The minimum atomic E-state index is -0.954. The maximum Gasteiger partial charge on any atom is 0.329 e. The van der Waals surface area contributed by atoms with Crippen molar-refractivity contribution in [2.45, 2.75) is 37.9 Å². The number of carbonyl (C=O) groups is 2. The predicted octanol–water partition coefficient (Wildman–Crippen LogP) is 0.783. The molecule has 0 aliphatic carbocycles. The highest BCUT2D eigenvalue weighted by molar-refractivity contribution is 5.74. The molecule has 2 saturated heterocycles. The molecule has 2 rings (SSSR count). The van der Waals surface area contributed by atoms with Crippen LogP contribution in [-0.4, -0.2) is 79.0 Å².